The van der Waals surface area contributed by atoms with Gasteiger partial charge in [-0.2, -0.15) is 0 Å². The number of nitro benzene ring substituents is 1. The Labute approximate surface area is 138 Å². The smallest absolute Gasteiger partial charge is 0.269 e. The van der Waals surface area contributed by atoms with Crippen molar-refractivity contribution in [3.63, 3.8) is 0 Å². The minimum absolute atomic E-state index is 0.106. The van der Waals surface area contributed by atoms with Gasteiger partial charge < -0.3 is 10.2 Å². The van der Waals surface area contributed by atoms with Crippen molar-refractivity contribution in [2.75, 3.05) is 20.6 Å². The van der Waals surface area contributed by atoms with E-state index in [0.29, 0.717) is 6.54 Å². The highest BCUT2D eigenvalue weighted by Gasteiger charge is 2.08. The number of hydrogen-bond acceptors (Lipinski definition) is 3. The molecule has 0 fully saturated rings. The molecule has 0 unspecified atom stereocenters. The maximum absolute atomic E-state index is 10.8. The van der Waals surface area contributed by atoms with Crippen LogP contribution in [0.25, 0.3) is 0 Å². The fraction of sp³-hybridized carbons (Fsp3) is 0.471. The topological polar surface area (TPSA) is 70.8 Å². The number of nitrogens with zero attached hydrogens (tertiary/aromatic N) is 3. The molecule has 0 amide bonds. The summed E-state index contributed by atoms with van der Waals surface area (Å²) in [4.78, 5) is 16.7. The molecular formula is C17H26N4O2. The summed E-state index contributed by atoms with van der Waals surface area (Å²) in [5.74, 6) is 0.792. The van der Waals surface area contributed by atoms with Crippen LogP contribution in [-0.4, -0.2) is 36.4 Å². The first kappa shape index (κ1) is 18.7. The van der Waals surface area contributed by atoms with Crippen LogP contribution in [0.2, 0.25) is 0 Å². The maximum atomic E-state index is 10.8. The molecule has 0 bridgehead atoms. The Hall–Kier alpha value is -2.37. The van der Waals surface area contributed by atoms with Crippen LogP contribution in [0.4, 0.5) is 5.69 Å². The zero-order valence-electron chi connectivity index (χ0n) is 14.0. The first-order valence-electron chi connectivity index (χ1n) is 7.84. The highest BCUT2D eigenvalue weighted by atomic mass is 16.6. The monoisotopic (exact) mass is 318 g/mol. The third-order valence-corrected chi connectivity index (χ3v) is 3.55. The SMILES string of the molecule is C=CCCCCCN(C)C(=NC)NCc1cccc([N+](=O)[O-])c1. The molecule has 0 saturated carbocycles. The van der Waals surface area contributed by atoms with E-state index in [1.807, 2.05) is 19.2 Å². The van der Waals surface area contributed by atoms with Gasteiger partial charge in [-0.05, 0) is 24.8 Å². The standard InChI is InChI=1S/C17H26N4O2/c1-4-5-6-7-8-12-20(3)17(18-2)19-14-15-10-9-11-16(13-15)21(22)23/h4,9-11,13H,1,5-8,12,14H2,2-3H3,(H,18,19). The van der Waals surface area contributed by atoms with Gasteiger partial charge in [-0.25, -0.2) is 0 Å². The Morgan fingerprint density at radius 1 is 1.43 bits per heavy atom. The van der Waals surface area contributed by atoms with Crippen LogP contribution in [0.3, 0.4) is 0 Å². The van der Waals surface area contributed by atoms with E-state index in [-0.39, 0.29) is 10.6 Å². The Morgan fingerprint density at radius 2 is 2.22 bits per heavy atom. The molecule has 0 atom stereocenters. The summed E-state index contributed by atoms with van der Waals surface area (Å²) < 4.78 is 0. The number of allylic oxidation sites excluding steroid dienone is 1. The largest absolute Gasteiger partial charge is 0.352 e. The number of benzene rings is 1. The molecule has 0 saturated heterocycles. The van der Waals surface area contributed by atoms with Crippen LogP contribution in [0.15, 0.2) is 41.9 Å². The molecule has 126 valence electrons. The number of unbranched alkanes of at least 4 members (excludes halogenated alkanes) is 3. The van der Waals surface area contributed by atoms with Crippen LogP contribution in [0.5, 0.6) is 0 Å². The Bertz CT molecular complexity index is 543. The van der Waals surface area contributed by atoms with Gasteiger partial charge in [-0.1, -0.05) is 24.6 Å². The molecule has 0 radical (unpaired) electrons. The van der Waals surface area contributed by atoms with E-state index in [2.05, 4.69) is 21.8 Å². The van der Waals surface area contributed by atoms with Crippen molar-refractivity contribution >= 4 is 11.6 Å². The lowest BCUT2D eigenvalue weighted by atomic mass is 10.2. The Morgan fingerprint density at radius 3 is 2.87 bits per heavy atom. The predicted octanol–water partition coefficient (Wildman–Crippen LogP) is 3.35. The van der Waals surface area contributed by atoms with Crippen LogP contribution in [0.1, 0.15) is 31.2 Å². The lowest BCUT2D eigenvalue weighted by Crippen LogP contribution is -2.39. The number of guanidine groups is 1. The number of nitro groups is 1. The third kappa shape index (κ3) is 6.95. The van der Waals surface area contributed by atoms with E-state index in [1.54, 1.807) is 19.2 Å². The number of rotatable bonds is 9. The van der Waals surface area contributed by atoms with Gasteiger partial charge in [0.25, 0.3) is 5.69 Å². The highest BCUT2D eigenvalue weighted by molar-refractivity contribution is 5.79. The molecular weight excluding hydrogens is 292 g/mol. The zero-order valence-corrected chi connectivity index (χ0v) is 14.0. The van der Waals surface area contributed by atoms with E-state index in [1.165, 1.54) is 6.07 Å². The van der Waals surface area contributed by atoms with E-state index in [0.717, 1.165) is 43.8 Å². The fourth-order valence-corrected chi connectivity index (χ4v) is 2.27. The first-order chi connectivity index (χ1) is 11.1. The molecule has 0 spiro atoms. The summed E-state index contributed by atoms with van der Waals surface area (Å²) in [5, 5.41) is 14.0. The molecule has 1 N–H and O–H groups in total. The Kier molecular flexibility index (Phi) is 8.42. The fourth-order valence-electron chi connectivity index (χ4n) is 2.27. The van der Waals surface area contributed by atoms with Gasteiger partial charge in [0.1, 0.15) is 0 Å². The van der Waals surface area contributed by atoms with E-state index in [4.69, 9.17) is 0 Å². The van der Waals surface area contributed by atoms with E-state index in [9.17, 15) is 10.1 Å². The van der Waals surface area contributed by atoms with Crippen LogP contribution in [0, 0.1) is 10.1 Å². The van der Waals surface area contributed by atoms with Gasteiger partial charge in [0.05, 0.1) is 4.92 Å². The van der Waals surface area contributed by atoms with Crippen LogP contribution in [-0.2, 0) is 6.54 Å². The summed E-state index contributed by atoms with van der Waals surface area (Å²) in [6, 6.07) is 6.63. The summed E-state index contributed by atoms with van der Waals surface area (Å²) >= 11 is 0. The summed E-state index contributed by atoms with van der Waals surface area (Å²) in [7, 11) is 3.74. The first-order valence-corrected chi connectivity index (χ1v) is 7.84. The Balaban J connectivity index is 2.45. The summed E-state index contributed by atoms with van der Waals surface area (Å²) in [6.07, 6.45) is 6.43. The minimum atomic E-state index is -0.381. The van der Waals surface area contributed by atoms with Crippen molar-refractivity contribution in [1.29, 1.82) is 0 Å². The van der Waals surface area contributed by atoms with Crippen LogP contribution >= 0.6 is 0 Å². The summed E-state index contributed by atoms with van der Waals surface area (Å²) in [6.45, 7) is 5.15. The van der Waals surface area contributed by atoms with E-state index < -0.39 is 0 Å². The maximum Gasteiger partial charge on any atom is 0.269 e. The molecule has 0 aliphatic rings. The van der Waals surface area contributed by atoms with E-state index >= 15 is 0 Å². The average molecular weight is 318 g/mol. The molecule has 1 rings (SSSR count). The second-order valence-electron chi connectivity index (χ2n) is 5.39. The van der Waals surface area contributed by atoms with Gasteiger partial charge in [0.15, 0.2) is 5.96 Å². The molecule has 23 heavy (non-hydrogen) atoms. The number of non-ortho nitro benzene ring substituents is 1. The molecule has 0 aliphatic heterocycles. The number of hydrogen-bond donors (Lipinski definition) is 1. The predicted molar refractivity (Wildman–Crippen MR) is 94.6 cm³/mol. The molecule has 1 aromatic carbocycles. The molecule has 6 heteroatoms. The number of aliphatic imine (C=N–C) groups is 1. The second kappa shape index (κ2) is 10.4. The number of nitrogens with one attached hydrogen (secondary N) is 1. The van der Waals surface area contributed by atoms with Gasteiger partial charge >= 0.3 is 0 Å². The van der Waals surface area contributed by atoms with Crippen molar-refractivity contribution in [3.8, 4) is 0 Å². The molecule has 0 aromatic heterocycles. The molecule has 1 aromatic rings. The van der Waals surface area contributed by atoms with Gasteiger partial charge in [0.2, 0.25) is 0 Å². The molecule has 0 aliphatic carbocycles. The van der Waals surface area contributed by atoms with Crippen molar-refractivity contribution < 1.29 is 4.92 Å². The van der Waals surface area contributed by atoms with Crippen molar-refractivity contribution in [2.24, 2.45) is 4.99 Å². The molecule has 6 nitrogen and oxygen atoms in total. The molecule has 0 heterocycles. The third-order valence-electron chi connectivity index (χ3n) is 3.55. The van der Waals surface area contributed by atoms with Gasteiger partial charge in [0, 0.05) is 39.3 Å². The van der Waals surface area contributed by atoms with Crippen LogP contribution < -0.4 is 5.32 Å². The van der Waals surface area contributed by atoms with Crippen molar-refractivity contribution in [2.45, 2.75) is 32.2 Å². The highest BCUT2D eigenvalue weighted by Crippen LogP contribution is 2.12. The zero-order chi connectivity index (χ0) is 17.1. The lowest BCUT2D eigenvalue weighted by molar-refractivity contribution is -0.384. The lowest BCUT2D eigenvalue weighted by Gasteiger charge is -2.22. The second-order valence-corrected chi connectivity index (χ2v) is 5.39. The summed E-state index contributed by atoms with van der Waals surface area (Å²) in [5.41, 5.74) is 0.967. The normalized spacial score (nSPS) is 11.1. The average Bonchev–Trinajstić information content (AvgIpc) is 2.55. The minimum Gasteiger partial charge on any atom is -0.352 e. The van der Waals surface area contributed by atoms with Crippen molar-refractivity contribution in [1.82, 2.24) is 10.2 Å². The quantitative estimate of drug-likeness (QED) is 0.189. The van der Waals surface area contributed by atoms with Gasteiger partial charge in [-0.3, -0.25) is 15.1 Å². The van der Waals surface area contributed by atoms with Crippen molar-refractivity contribution in [3.05, 3.63) is 52.6 Å². The van der Waals surface area contributed by atoms with Gasteiger partial charge in [-0.15, -0.1) is 6.58 Å².